The Balaban J connectivity index is 2.02. The van der Waals surface area contributed by atoms with Crippen molar-refractivity contribution >= 4 is 23.2 Å². The molecule has 23 heavy (non-hydrogen) atoms. The van der Waals surface area contributed by atoms with E-state index < -0.39 is 17.8 Å². The Bertz CT molecular complexity index is 726. The Hall–Kier alpha value is -3.03. The maximum atomic E-state index is 12.4. The van der Waals surface area contributed by atoms with Crippen molar-refractivity contribution in [1.82, 2.24) is 0 Å². The molecule has 2 rings (SSSR count). The van der Waals surface area contributed by atoms with Gasteiger partial charge in [-0.05, 0) is 36.4 Å². The van der Waals surface area contributed by atoms with Crippen LogP contribution in [0.2, 0.25) is 0 Å². The highest BCUT2D eigenvalue weighted by atomic mass is 19.4. The molecule has 0 spiro atoms. The van der Waals surface area contributed by atoms with Gasteiger partial charge in [0.1, 0.15) is 5.84 Å². The number of nitrogens with two attached hydrogens (primary N) is 1. The molecule has 0 fully saturated rings. The predicted molar refractivity (Wildman–Crippen MR) is 81.5 cm³/mol. The van der Waals surface area contributed by atoms with Crippen molar-refractivity contribution in [2.45, 2.75) is 6.18 Å². The number of benzene rings is 2. The van der Waals surface area contributed by atoms with E-state index in [0.29, 0.717) is 11.3 Å². The second-order valence-corrected chi connectivity index (χ2v) is 4.65. The lowest BCUT2D eigenvalue weighted by molar-refractivity contribution is -0.137. The minimum absolute atomic E-state index is 0.142. The normalized spacial score (nSPS) is 10.9. The molecule has 0 bridgehead atoms. The van der Waals surface area contributed by atoms with E-state index in [1.807, 2.05) is 0 Å². The Morgan fingerprint density at radius 2 is 1.61 bits per heavy atom. The van der Waals surface area contributed by atoms with Gasteiger partial charge in [0.2, 0.25) is 0 Å². The topological polar surface area (TPSA) is 91.0 Å². The molecule has 0 aromatic heterocycles. The van der Waals surface area contributed by atoms with Crippen LogP contribution in [0.5, 0.6) is 0 Å². The number of halogens is 3. The fourth-order valence-corrected chi connectivity index (χ4v) is 1.80. The lowest BCUT2D eigenvalue weighted by atomic mass is 10.2. The molecule has 0 aliphatic heterocycles. The summed E-state index contributed by atoms with van der Waals surface area (Å²) in [4.78, 5) is 11.8. The number of amidine groups is 1. The highest BCUT2D eigenvalue weighted by molar-refractivity contribution is 6.01. The summed E-state index contributed by atoms with van der Waals surface area (Å²) in [5, 5.41) is 12.2. The van der Waals surface area contributed by atoms with Gasteiger partial charge in [0.05, 0.1) is 5.56 Å². The summed E-state index contributed by atoms with van der Waals surface area (Å²) in [6.45, 7) is 0. The summed E-state index contributed by atoms with van der Waals surface area (Å²) in [5.74, 6) is -0.142. The van der Waals surface area contributed by atoms with Crippen molar-refractivity contribution in [1.29, 1.82) is 5.41 Å². The molecule has 2 aromatic carbocycles. The van der Waals surface area contributed by atoms with E-state index in [1.165, 1.54) is 6.07 Å². The third-order valence-corrected chi connectivity index (χ3v) is 2.90. The van der Waals surface area contributed by atoms with Gasteiger partial charge < -0.3 is 16.4 Å². The second kappa shape index (κ2) is 6.39. The number of alkyl halides is 3. The van der Waals surface area contributed by atoms with Crippen molar-refractivity contribution in [3.63, 3.8) is 0 Å². The number of anilines is 2. The molecule has 0 aliphatic rings. The lowest BCUT2D eigenvalue weighted by Gasteiger charge is -2.10. The van der Waals surface area contributed by atoms with Crippen molar-refractivity contribution in [3.8, 4) is 0 Å². The van der Waals surface area contributed by atoms with Gasteiger partial charge >= 0.3 is 12.2 Å². The van der Waals surface area contributed by atoms with Gasteiger partial charge in [-0.15, -0.1) is 0 Å². The molecule has 0 radical (unpaired) electrons. The zero-order chi connectivity index (χ0) is 17.0. The smallest absolute Gasteiger partial charge is 0.384 e. The van der Waals surface area contributed by atoms with Crippen molar-refractivity contribution in [3.05, 3.63) is 59.7 Å². The number of nitrogen functional groups attached to an aromatic ring is 1. The number of carbonyl (C=O) groups excluding carboxylic acids is 1. The highest BCUT2D eigenvalue weighted by Gasteiger charge is 2.29. The Kier molecular flexibility index (Phi) is 4.54. The lowest BCUT2D eigenvalue weighted by Crippen LogP contribution is -2.20. The summed E-state index contributed by atoms with van der Waals surface area (Å²) in [6, 6.07) is 9.80. The van der Waals surface area contributed by atoms with Crippen LogP contribution in [0.4, 0.5) is 29.3 Å². The van der Waals surface area contributed by atoms with Crippen LogP contribution in [0.3, 0.4) is 0 Å². The van der Waals surface area contributed by atoms with Gasteiger partial charge in [-0.3, -0.25) is 5.41 Å². The van der Waals surface area contributed by atoms with E-state index in [0.717, 1.165) is 24.3 Å². The van der Waals surface area contributed by atoms with Gasteiger partial charge in [0.25, 0.3) is 0 Å². The largest absolute Gasteiger partial charge is 0.416 e. The van der Waals surface area contributed by atoms with Gasteiger partial charge in [-0.1, -0.05) is 12.1 Å². The fourth-order valence-electron chi connectivity index (χ4n) is 1.80. The molecule has 0 aliphatic carbocycles. The van der Waals surface area contributed by atoms with Gasteiger partial charge in [-0.25, -0.2) is 4.79 Å². The van der Waals surface area contributed by atoms with E-state index in [1.54, 1.807) is 18.2 Å². The highest BCUT2D eigenvalue weighted by Crippen LogP contribution is 2.29. The molecule has 0 heterocycles. The quantitative estimate of drug-likeness (QED) is 0.513. The average Bonchev–Trinajstić information content (AvgIpc) is 2.47. The number of urea groups is 1. The molecule has 120 valence electrons. The first-order chi connectivity index (χ1) is 10.8. The second-order valence-electron chi connectivity index (χ2n) is 4.65. The summed E-state index contributed by atoms with van der Waals surface area (Å²) in [5.41, 5.74) is 5.62. The molecule has 2 amide bonds. The number of rotatable bonds is 3. The molecule has 0 atom stereocenters. The maximum Gasteiger partial charge on any atom is 0.416 e. The summed E-state index contributed by atoms with van der Waals surface area (Å²) < 4.78 is 37.3. The monoisotopic (exact) mass is 322 g/mol. The van der Waals surface area contributed by atoms with Crippen molar-refractivity contribution < 1.29 is 18.0 Å². The number of nitrogens with one attached hydrogen (secondary N) is 3. The SMILES string of the molecule is N=C(N)c1cccc(NC(=O)Nc2ccc(C(F)(F)F)cc2)c1. The minimum atomic E-state index is -4.42. The Morgan fingerprint density at radius 3 is 2.17 bits per heavy atom. The van der Waals surface area contributed by atoms with Gasteiger partial charge in [-0.2, -0.15) is 13.2 Å². The van der Waals surface area contributed by atoms with Crippen LogP contribution in [0, 0.1) is 5.41 Å². The molecule has 0 saturated carbocycles. The van der Waals surface area contributed by atoms with E-state index in [2.05, 4.69) is 10.6 Å². The van der Waals surface area contributed by atoms with E-state index in [-0.39, 0.29) is 11.5 Å². The van der Waals surface area contributed by atoms with E-state index in [9.17, 15) is 18.0 Å². The zero-order valence-electron chi connectivity index (χ0n) is 11.7. The Morgan fingerprint density at radius 1 is 1.00 bits per heavy atom. The summed E-state index contributed by atoms with van der Waals surface area (Å²) >= 11 is 0. The third kappa shape index (κ3) is 4.47. The Labute approximate surface area is 129 Å². The molecule has 0 saturated heterocycles. The van der Waals surface area contributed by atoms with Crippen LogP contribution in [-0.2, 0) is 6.18 Å². The van der Waals surface area contributed by atoms with Crippen LogP contribution >= 0.6 is 0 Å². The minimum Gasteiger partial charge on any atom is -0.384 e. The summed E-state index contributed by atoms with van der Waals surface area (Å²) in [7, 11) is 0. The standard InChI is InChI=1S/C15H13F3N4O/c16-15(17,18)10-4-6-11(7-5-10)21-14(23)22-12-3-1-2-9(8-12)13(19)20/h1-8H,(H3,19,20)(H2,21,22,23). The van der Waals surface area contributed by atoms with Crippen molar-refractivity contribution in [2.24, 2.45) is 5.73 Å². The van der Waals surface area contributed by atoms with E-state index in [4.69, 9.17) is 11.1 Å². The zero-order valence-corrected chi connectivity index (χ0v) is 11.7. The third-order valence-electron chi connectivity index (χ3n) is 2.90. The van der Waals surface area contributed by atoms with Crippen LogP contribution in [0.1, 0.15) is 11.1 Å². The molecule has 5 nitrogen and oxygen atoms in total. The predicted octanol–water partition coefficient (Wildman–Crippen LogP) is 3.63. The first kappa shape index (κ1) is 16.3. The molecule has 0 unspecified atom stereocenters. The molecular formula is C15H13F3N4O. The van der Waals surface area contributed by atoms with E-state index >= 15 is 0 Å². The maximum absolute atomic E-state index is 12.4. The van der Waals surface area contributed by atoms with Crippen LogP contribution < -0.4 is 16.4 Å². The summed E-state index contributed by atoms with van der Waals surface area (Å²) in [6.07, 6.45) is -4.42. The van der Waals surface area contributed by atoms with Crippen LogP contribution in [0.15, 0.2) is 48.5 Å². The molecule has 2 aromatic rings. The molecule has 5 N–H and O–H groups in total. The van der Waals surface area contributed by atoms with Crippen LogP contribution in [0.25, 0.3) is 0 Å². The van der Waals surface area contributed by atoms with Crippen LogP contribution in [-0.4, -0.2) is 11.9 Å². The van der Waals surface area contributed by atoms with Gasteiger partial charge in [0, 0.05) is 16.9 Å². The average molecular weight is 322 g/mol. The van der Waals surface area contributed by atoms with Gasteiger partial charge in [0.15, 0.2) is 0 Å². The van der Waals surface area contributed by atoms with Crippen molar-refractivity contribution in [2.75, 3.05) is 10.6 Å². The number of hydrogen-bond acceptors (Lipinski definition) is 2. The molecule has 8 heteroatoms. The first-order valence-electron chi connectivity index (χ1n) is 6.45. The number of carbonyl (C=O) groups is 1. The fraction of sp³-hybridized carbons (Fsp3) is 0.0667. The number of hydrogen-bond donors (Lipinski definition) is 4. The number of amides is 2. The molecular weight excluding hydrogens is 309 g/mol. The first-order valence-corrected chi connectivity index (χ1v) is 6.45.